The van der Waals surface area contributed by atoms with Crippen molar-refractivity contribution < 1.29 is 14.0 Å². The van der Waals surface area contributed by atoms with Crippen molar-refractivity contribution in [2.24, 2.45) is 0 Å². The third-order valence-corrected chi connectivity index (χ3v) is 1.91. The molecule has 0 aliphatic heterocycles. The number of ether oxygens (including phenoxy) is 1. The first-order valence-electron chi connectivity index (χ1n) is 4.83. The van der Waals surface area contributed by atoms with Crippen LogP contribution in [0.4, 0.5) is 0 Å². The summed E-state index contributed by atoms with van der Waals surface area (Å²) in [6.45, 7) is 3.88. The molecule has 4 heteroatoms. The Morgan fingerprint density at radius 3 is 2.69 bits per heavy atom. The third kappa shape index (κ3) is 10.1. The summed E-state index contributed by atoms with van der Waals surface area (Å²) in [5.74, 6) is 0. The van der Waals surface area contributed by atoms with Crippen molar-refractivity contribution in [3.8, 4) is 0 Å². The summed E-state index contributed by atoms with van der Waals surface area (Å²) in [6.07, 6.45) is 3.37. The van der Waals surface area contributed by atoms with Gasteiger partial charge in [-0.3, -0.25) is 0 Å². The van der Waals surface area contributed by atoms with Crippen LogP contribution < -0.4 is 0 Å². The van der Waals surface area contributed by atoms with Gasteiger partial charge in [-0.15, -0.1) is 0 Å². The zero-order chi connectivity index (χ0) is 9.94. The molecule has 0 fully saturated rings. The summed E-state index contributed by atoms with van der Waals surface area (Å²) >= 11 is 3.61. The minimum atomic E-state index is -0.361. The number of hydrogen-bond donors (Lipinski definition) is 2. The molecule has 80 valence electrons. The maximum absolute atomic E-state index is 9.37. The minimum Gasteiger partial charge on any atom is -0.391 e. The van der Waals surface area contributed by atoms with Crippen LogP contribution in [0.1, 0.15) is 32.6 Å². The highest BCUT2D eigenvalue weighted by Crippen LogP contribution is 1.99. The molecular weight excluding hydrogens is 188 g/mol. The molecule has 0 aromatic rings. The SMILES string of the molecule is CCCCOCC(O)CCCOS. The molecule has 0 aliphatic rings. The van der Waals surface area contributed by atoms with Crippen LogP contribution in [0.25, 0.3) is 0 Å². The molecule has 0 saturated heterocycles. The zero-order valence-corrected chi connectivity index (χ0v) is 9.13. The summed E-state index contributed by atoms with van der Waals surface area (Å²) in [7, 11) is 0. The number of thiol groups is 1. The van der Waals surface area contributed by atoms with Crippen LogP contribution in [0.5, 0.6) is 0 Å². The normalized spacial score (nSPS) is 13.2. The van der Waals surface area contributed by atoms with Gasteiger partial charge in [-0.25, -0.2) is 0 Å². The van der Waals surface area contributed by atoms with Crippen LogP contribution in [0.15, 0.2) is 0 Å². The molecule has 0 aromatic heterocycles. The maximum Gasteiger partial charge on any atom is 0.0774 e. The third-order valence-electron chi connectivity index (χ3n) is 1.73. The van der Waals surface area contributed by atoms with Gasteiger partial charge in [-0.2, -0.15) is 0 Å². The Labute approximate surface area is 86.0 Å². The smallest absolute Gasteiger partial charge is 0.0774 e. The van der Waals surface area contributed by atoms with Crippen molar-refractivity contribution in [1.82, 2.24) is 0 Å². The highest BCUT2D eigenvalue weighted by atomic mass is 32.1. The minimum absolute atomic E-state index is 0.361. The van der Waals surface area contributed by atoms with Crippen LogP contribution in [0.3, 0.4) is 0 Å². The monoisotopic (exact) mass is 208 g/mol. The maximum atomic E-state index is 9.37. The van der Waals surface area contributed by atoms with Gasteiger partial charge in [-0.05, 0) is 32.2 Å². The fourth-order valence-corrected chi connectivity index (χ4v) is 1.06. The molecule has 3 nitrogen and oxygen atoms in total. The second kappa shape index (κ2) is 10.3. The van der Waals surface area contributed by atoms with Crippen molar-refractivity contribution in [3.63, 3.8) is 0 Å². The van der Waals surface area contributed by atoms with Gasteiger partial charge in [0.2, 0.25) is 0 Å². The van der Waals surface area contributed by atoms with Gasteiger partial charge in [-0.1, -0.05) is 13.3 Å². The van der Waals surface area contributed by atoms with E-state index in [1.807, 2.05) is 0 Å². The van der Waals surface area contributed by atoms with E-state index in [2.05, 4.69) is 24.0 Å². The van der Waals surface area contributed by atoms with Gasteiger partial charge in [0.1, 0.15) is 0 Å². The van der Waals surface area contributed by atoms with E-state index in [-0.39, 0.29) is 6.10 Å². The van der Waals surface area contributed by atoms with Crippen LogP contribution in [-0.2, 0) is 8.92 Å². The predicted octanol–water partition coefficient (Wildman–Crippen LogP) is 1.81. The highest BCUT2D eigenvalue weighted by molar-refractivity contribution is 7.75. The number of hydrogen-bond acceptors (Lipinski definition) is 4. The molecule has 0 bridgehead atoms. The lowest BCUT2D eigenvalue weighted by Gasteiger charge is -2.10. The molecule has 1 atom stereocenters. The van der Waals surface area contributed by atoms with E-state index in [4.69, 9.17) is 4.74 Å². The fraction of sp³-hybridized carbons (Fsp3) is 1.00. The lowest BCUT2D eigenvalue weighted by atomic mass is 10.2. The Bertz CT molecular complexity index is 101. The summed E-state index contributed by atoms with van der Waals surface area (Å²) in [6, 6.07) is 0. The van der Waals surface area contributed by atoms with Crippen molar-refractivity contribution in [1.29, 1.82) is 0 Å². The first-order chi connectivity index (χ1) is 6.31. The average Bonchev–Trinajstić information content (AvgIpc) is 2.13. The first kappa shape index (κ1) is 13.2. The van der Waals surface area contributed by atoms with Gasteiger partial charge < -0.3 is 14.0 Å². The quantitative estimate of drug-likeness (QED) is 0.345. The van der Waals surface area contributed by atoms with Gasteiger partial charge in [0.15, 0.2) is 0 Å². The highest BCUT2D eigenvalue weighted by Gasteiger charge is 2.03. The van der Waals surface area contributed by atoms with E-state index >= 15 is 0 Å². The number of aliphatic hydroxyl groups excluding tert-OH is 1. The molecule has 0 heterocycles. The lowest BCUT2D eigenvalue weighted by Crippen LogP contribution is -2.16. The molecule has 0 saturated carbocycles. The summed E-state index contributed by atoms with van der Waals surface area (Å²) in [5.41, 5.74) is 0. The Morgan fingerprint density at radius 1 is 1.31 bits per heavy atom. The molecule has 1 N–H and O–H groups in total. The van der Waals surface area contributed by atoms with Gasteiger partial charge in [0.05, 0.1) is 19.3 Å². The van der Waals surface area contributed by atoms with Crippen LogP contribution in [0, 0.1) is 0 Å². The van der Waals surface area contributed by atoms with E-state index in [0.29, 0.717) is 19.6 Å². The Kier molecular flexibility index (Phi) is 10.5. The fourth-order valence-electron chi connectivity index (χ4n) is 0.933. The molecule has 13 heavy (non-hydrogen) atoms. The van der Waals surface area contributed by atoms with Crippen molar-refractivity contribution in [2.45, 2.75) is 38.7 Å². The average molecular weight is 208 g/mol. The van der Waals surface area contributed by atoms with Gasteiger partial charge >= 0.3 is 0 Å². The number of aliphatic hydroxyl groups is 1. The van der Waals surface area contributed by atoms with E-state index < -0.39 is 0 Å². The summed E-state index contributed by atoms with van der Waals surface area (Å²) in [5, 5.41) is 9.37. The van der Waals surface area contributed by atoms with Crippen LogP contribution in [-0.4, -0.2) is 31.0 Å². The first-order valence-corrected chi connectivity index (χ1v) is 5.20. The summed E-state index contributed by atoms with van der Waals surface area (Å²) < 4.78 is 9.83. The van der Waals surface area contributed by atoms with Gasteiger partial charge in [0.25, 0.3) is 0 Å². The molecule has 0 rings (SSSR count). The molecule has 0 radical (unpaired) electrons. The van der Waals surface area contributed by atoms with E-state index in [1.165, 1.54) is 0 Å². The molecule has 0 aliphatic carbocycles. The molecule has 0 amide bonds. The second-order valence-corrected chi connectivity index (χ2v) is 3.32. The molecule has 1 unspecified atom stereocenters. The van der Waals surface area contributed by atoms with E-state index in [9.17, 15) is 5.11 Å². The molecular formula is C9H20O3S. The Balaban J connectivity index is 3.05. The second-order valence-electron chi connectivity index (χ2n) is 3.06. The summed E-state index contributed by atoms with van der Waals surface area (Å²) in [4.78, 5) is 0. The number of unbranched alkanes of at least 4 members (excludes halogenated alkanes) is 1. The van der Waals surface area contributed by atoms with Gasteiger partial charge in [0, 0.05) is 6.61 Å². The largest absolute Gasteiger partial charge is 0.391 e. The van der Waals surface area contributed by atoms with E-state index in [0.717, 1.165) is 25.9 Å². The predicted molar refractivity (Wildman–Crippen MR) is 55.9 cm³/mol. The molecule has 0 spiro atoms. The zero-order valence-electron chi connectivity index (χ0n) is 8.24. The Morgan fingerprint density at radius 2 is 2.08 bits per heavy atom. The van der Waals surface area contributed by atoms with Crippen LogP contribution in [0.2, 0.25) is 0 Å². The Hall–Kier alpha value is 0.230. The van der Waals surface area contributed by atoms with Crippen molar-refractivity contribution in [3.05, 3.63) is 0 Å². The topological polar surface area (TPSA) is 38.7 Å². The number of rotatable bonds is 9. The van der Waals surface area contributed by atoms with E-state index in [1.54, 1.807) is 0 Å². The lowest BCUT2D eigenvalue weighted by molar-refractivity contribution is 0.0291. The standard InChI is InChI=1S/C9H20O3S/c1-2-3-6-11-8-9(10)5-4-7-12-13/h9-10,13H,2-8H2,1H3. The van der Waals surface area contributed by atoms with Crippen molar-refractivity contribution >= 4 is 12.9 Å². The van der Waals surface area contributed by atoms with Crippen molar-refractivity contribution in [2.75, 3.05) is 19.8 Å². The molecule has 0 aromatic carbocycles. The van der Waals surface area contributed by atoms with Crippen LogP contribution >= 0.6 is 12.9 Å².